The number of hydrogen-bond donors (Lipinski definition) is 0. The summed E-state index contributed by atoms with van der Waals surface area (Å²) in [4.78, 5) is 6.66. The van der Waals surface area contributed by atoms with E-state index in [2.05, 4.69) is 15.0 Å². The zero-order valence-corrected chi connectivity index (χ0v) is 7.52. The van der Waals surface area contributed by atoms with Crippen LogP contribution in [0.25, 0.3) is 0 Å². The number of piperidine rings is 3. The maximum Gasteiger partial charge on any atom is 0.213 e. The average molecular weight is 179 g/mol. The Morgan fingerprint density at radius 2 is 2.23 bits per heavy atom. The first-order valence-corrected chi connectivity index (χ1v) is 4.92. The second-order valence-corrected chi connectivity index (χ2v) is 4.03. The molecule has 4 heteroatoms. The standard InChI is InChI=1S/C9H13N3O/c1-3-12-4-2-7(1)8(5-12)9-10-6-13-11-9/h6-8H,1-5H2. The van der Waals surface area contributed by atoms with E-state index in [1.807, 2.05) is 0 Å². The van der Waals surface area contributed by atoms with Crippen LogP contribution >= 0.6 is 0 Å². The van der Waals surface area contributed by atoms with E-state index in [1.165, 1.54) is 32.3 Å². The highest BCUT2D eigenvalue weighted by molar-refractivity contribution is 5.02. The summed E-state index contributed by atoms with van der Waals surface area (Å²) < 4.78 is 4.80. The van der Waals surface area contributed by atoms with E-state index in [9.17, 15) is 0 Å². The molecule has 0 amide bonds. The summed E-state index contributed by atoms with van der Waals surface area (Å²) in [6.45, 7) is 3.65. The fourth-order valence-corrected chi connectivity index (χ4v) is 2.60. The van der Waals surface area contributed by atoms with Crippen molar-refractivity contribution >= 4 is 0 Å². The topological polar surface area (TPSA) is 42.2 Å². The molecule has 0 radical (unpaired) electrons. The monoisotopic (exact) mass is 179 g/mol. The minimum Gasteiger partial charge on any atom is -0.343 e. The third kappa shape index (κ3) is 1.16. The zero-order valence-electron chi connectivity index (χ0n) is 7.52. The first-order chi connectivity index (χ1) is 6.43. The lowest BCUT2D eigenvalue weighted by molar-refractivity contribution is 0.0825. The summed E-state index contributed by atoms with van der Waals surface area (Å²) in [5.74, 6) is 2.23. The fraction of sp³-hybridized carbons (Fsp3) is 0.778. The van der Waals surface area contributed by atoms with E-state index < -0.39 is 0 Å². The number of rotatable bonds is 1. The second-order valence-electron chi connectivity index (χ2n) is 4.03. The maximum absolute atomic E-state index is 4.80. The van der Waals surface area contributed by atoms with Gasteiger partial charge in [-0.15, -0.1) is 0 Å². The van der Waals surface area contributed by atoms with Crippen molar-refractivity contribution in [1.29, 1.82) is 0 Å². The Bertz CT molecular complexity index is 277. The molecule has 0 N–H and O–H groups in total. The van der Waals surface area contributed by atoms with Crippen LogP contribution in [-0.4, -0.2) is 34.7 Å². The van der Waals surface area contributed by atoms with Gasteiger partial charge in [0, 0.05) is 12.5 Å². The highest BCUT2D eigenvalue weighted by Crippen LogP contribution is 2.37. The Hall–Kier alpha value is -0.900. The Balaban J connectivity index is 1.85. The van der Waals surface area contributed by atoms with Crippen molar-refractivity contribution in [1.82, 2.24) is 15.0 Å². The van der Waals surface area contributed by atoms with E-state index in [1.54, 1.807) is 0 Å². The van der Waals surface area contributed by atoms with Gasteiger partial charge in [0.05, 0.1) is 0 Å². The SMILES string of the molecule is c1nc(C2CN3CCC2CC3)no1. The van der Waals surface area contributed by atoms with Crippen LogP contribution in [-0.2, 0) is 0 Å². The van der Waals surface area contributed by atoms with Gasteiger partial charge in [-0.3, -0.25) is 0 Å². The minimum atomic E-state index is 0.529. The van der Waals surface area contributed by atoms with Crippen LogP contribution in [0.3, 0.4) is 0 Å². The third-order valence-electron chi connectivity index (χ3n) is 3.37. The highest BCUT2D eigenvalue weighted by Gasteiger charge is 2.36. The van der Waals surface area contributed by atoms with Crippen molar-refractivity contribution in [3.05, 3.63) is 12.2 Å². The molecule has 0 aromatic carbocycles. The summed E-state index contributed by atoms with van der Waals surface area (Å²) in [7, 11) is 0. The van der Waals surface area contributed by atoms with Crippen LogP contribution in [0.2, 0.25) is 0 Å². The van der Waals surface area contributed by atoms with Crippen LogP contribution in [0.5, 0.6) is 0 Å². The van der Waals surface area contributed by atoms with Gasteiger partial charge >= 0.3 is 0 Å². The van der Waals surface area contributed by atoms with Gasteiger partial charge in [0.1, 0.15) is 0 Å². The first-order valence-electron chi connectivity index (χ1n) is 4.92. The summed E-state index contributed by atoms with van der Waals surface area (Å²) in [5, 5.41) is 3.95. The van der Waals surface area contributed by atoms with Gasteiger partial charge in [-0.05, 0) is 31.8 Å². The summed E-state index contributed by atoms with van der Waals surface area (Å²) in [6, 6.07) is 0. The lowest BCUT2D eigenvalue weighted by Crippen LogP contribution is -2.46. The number of fused-ring (bicyclic) bond motifs is 3. The Kier molecular flexibility index (Phi) is 1.62. The molecule has 4 heterocycles. The molecule has 70 valence electrons. The fourth-order valence-electron chi connectivity index (χ4n) is 2.60. The summed E-state index contributed by atoms with van der Waals surface area (Å²) in [5.41, 5.74) is 0. The lowest BCUT2D eigenvalue weighted by Gasteiger charge is -2.43. The van der Waals surface area contributed by atoms with E-state index in [0.717, 1.165) is 18.3 Å². The zero-order chi connectivity index (χ0) is 8.67. The molecule has 3 aliphatic heterocycles. The van der Waals surface area contributed by atoms with Crippen molar-refractivity contribution in [3.63, 3.8) is 0 Å². The van der Waals surface area contributed by atoms with E-state index >= 15 is 0 Å². The van der Waals surface area contributed by atoms with Gasteiger partial charge < -0.3 is 9.42 Å². The van der Waals surface area contributed by atoms with Gasteiger partial charge in [0.15, 0.2) is 5.82 Å². The van der Waals surface area contributed by atoms with Crippen molar-refractivity contribution in [2.75, 3.05) is 19.6 Å². The van der Waals surface area contributed by atoms with Gasteiger partial charge in [0.2, 0.25) is 6.39 Å². The molecule has 0 saturated carbocycles. The Labute approximate surface area is 76.9 Å². The Morgan fingerprint density at radius 3 is 2.77 bits per heavy atom. The van der Waals surface area contributed by atoms with Crippen LogP contribution in [0, 0.1) is 5.92 Å². The quantitative estimate of drug-likeness (QED) is 0.641. The minimum absolute atomic E-state index is 0.529. The van der Waals surface area contributed by atoms with Crippen LogP contribution < -0.4 is 0 Å². The molecule has 1 aromatic rings. The predicted molar refractivity (Wildman–Crippen MR) is 46.2 cm³/mol. The molecule has 1 atom stereocenters. The van der Waals surface area contributed by atoms with E-state index in [-0.39, 0.29) is 0 Å². The molecule has 0 spiro atoms. The van der Waals surface area contributed by atoms with Crippen molar-refractivity contribution < 1.29 is 4.52 Å². The molecule has 2 bridgehead atoms. The van der Waals surface area contributed by atoms with Crippen LogP contribution in [0.1, 0.15) is 24.6 Å². The molecule has 1 aromatic heterocycles. The van der Waals surface area contributed by atoms with Crippen LogP contribution in [0.4, 0.5) is 0 Å². The van der Waals surface area contributed by atoms with Gasteiger partial charge in [-0.2, -0.15) is 4.98 Å². The van der Waals surface area contributed by atoms with Crippen molar-refractivity contribution in [2.24, 2.45) is 5.92 Å². The molecule has 3 saturated heterocycles. The third-order valence-corrected chi connectivity index (χ3v) is 3.37. The molecule has 3 aliphatic rings. The maximum atomic E-state index is 4.80. The van der Waals surface area contributed by atoms with Crippen LogP contribution in [0.15, 0.2) is 10.9 Å². The molecular weight excluding hydrogens is 166 g/mol. The predicted octanol–water partition coefficient (Wildman–Crippen LogP) is 0.879. The smallest absolute Gasteiger partial charge is 0.213 e. The second kappa shape index (κ2) is 2.80. The van der Waals surface area contributed by atoms with E-state index in [4.69, 9.17) is 4.52 Å². The van der Waals surface area contributed by atoms with Gasteiger partial charge in [-0.25, -0.2) is 0 Å². The highest BCUT2D eigenvalue weighted by atomic mass is 16.5. The number of hydrogen-bond acceptors (Lipinski definition) is 4. The average Bonchev–Trinajstić information content (AvgIpc) is 2.72. The normalized spacial score (nSPS) is 38.0. The number of aromatic nitrogens is 2. The van der Waals surface area contributed by atoms with Gasteiger partial charge in [0.25, 0.3) is 0 Å². The first kappa shape index (κ1) is 7.50. The molecule has 0 aliphatic carbocycles. The largest absolute Gasteiger partial charge is 0.343 e. The molecular formula is C9H13N3O. The van der Waals surface area contributed by atoms with Crippen molar-refractivity contribution in [3.8, 4) is 0 Å². The van der Waals surface area contributed by atoms with E-state index in [0.29, 0.717) is 5.92 Å². The van der Waals surface area contributed by atoms with Gasteiger partial charge in [-0.1, -0.05) is 5.16 Å². The summed E-state index contributed by atoms with van der Waals surface area (Å²) in [6.07, 6.45) is 4.05. The number of nitrogens with zero attached hydrogens (tertiary/aromatic N) is 3. The molecule has 13 heavy (non-hydrogen) atoms. The molecule has 1 unspecified atom stereocenters. The molecule has 4 rings (SSSR count). The lowest BCUT2D eigenvalue weighted by atomic mass is 9.79. The Morgan fingerprint density at radius 1 is 1.38 bits per heavy atom. The van der Waals surface area contributed by atoms with Crippen molar-refractivity contribution in [2.45, 2.75) is 18.8 Å². The molecule has 3 fully saturated rings. The molecule has 4 nitrogen and oxygen atoms in total. The summed E-state index contributed by atoms with van der Waals surface area (Å²) >= 11 is 0.